The van der Waals surface area contributed by atoms with E-state index in [4.69, 9.17) is 22.0 Å². The molecule has 1 atom stereocenters. The summed E-state index contributed by atoms with van der Waals surface area (Å²) in [5.41, 5.74) is 4.95. The van der Waals surface area contributed by atoms with Crippen molar-refractivity contribution in [1.82, 2.24) is 5.32 Å². The molecule has 0 aliphatic rings. The standard InChI is InChI=1S/C11H18N2O3/c1-5-6-9(8(12)7-14)13-10(15)16-11(2,3)4/h1,7,9,14H,6,12H2,2-4H3,(H,13,15). The van der Waals surface area contributed by atoms with Crippen LogP contribution in [0.2, 0.25) is 0 Å². The van der Waals surface area contributed by atoms with Gasteiger partial charge in [0.15, 0.2) is 0 Å². The molecule has 0 aromatic rings. The quantitative estimate of drug-likeness (QED) is 0.499. The van der Waals surface area contributed by atoms with Crippen molar-refractivity contribution in [2.75, 3.05) is 0 Å². The zero-order valence-electron chi connectivity index (χ0n) is 9.78. The van der Waals surface area contributed by atoms with Gasteiger partial charge in [0, 0.05) is 6.42 Å². The average Bonchev–Trinajstić information content (AvgIpc) is 2.13. The van der Waals surface area contributed by atoms with E-state index in [0.29, 0.717) is 6.26 Å². The van der Waals surface area contributed by atoms with Crippen LogP contribution in [0.5, 0.6) is 0 Å². The third-order valence-electron chi connectivity index (χ3n) is 1.56. The van der Waals surface area contributed by atoms with Gasteiger partial charge in [0.05, 0.1) is 11.7 Å². The topological polar surface area (TPSA) is 84.6 Å². The molecular formula is C11H18N2O3. The van der Waals surface area contributed by atoms with Crippen molar-refractivity contribution in [2.45, 2.75) is 38.8 Å². The molecule has 1 unspecified atom stereocenters. The molecule has 0 fully saturated rings. The predicted molar refractivity (Wildman–Crippen MR) is 61.5 cm³/mol. The normalized spacial score (nSPS) is 13.8. The molecule has 0 spiro atoms. The summed E-state index contributed by atoms with van der Waals surface area (Å²) in [4.78, 5) is 11.4. The maximum atomic E-state index is 11.4. The Bertz CT molecular complexity index is 310. The molecule has 0 rings (SSSR count). The number of aliphatic hydroxyl groups is 1. The Morgan fingerprint density at radius 3 is 2.62 bits per heavy atom. The van der Waals surface area contributed by atoms with E-state index in [-0.39, 0.29) is 12.1 Å². The number of rotatable bonds is 3. The van der Waals surface area contributed by atoms with Gasteiger partial charge in [0.1, 0.15) is 11.9 Å². The SMILES string of the molecule is C#CCC(NC(=O)OC(C)(C)C)C(N)=CO. The molecule has 0 saturated heterocycles. The molecule has 4 N–H and O–H groups in total. The Labute approximate surface area is 95.7 Å². The third kappa shape index (κ3) is 5.81. The van der Waals surface area contributed by atoms with E-state index in [1.54, 1.807) is 20.8 Å². The molecule has 5 nitrogen and oxygen atoms in total. The Kier molecular flexibility index (Phi) is 5.23. The van der Waals surface area contributed by atoms with Crippen LogP contribution >= 0.6 is 0 Å². The van der Waals surface area contributed by atoms with Gasteiger partial charge in [-0.15, -0.1) is 12.3 Å². The van der Waals surface area contributed by atoms with E-state index in [9.17, 15) is 4.79 Å². The predicted octanol–water partition coefficient (Wildman–Crippen LogP) is 1.26. The number of carbonyl (C=O) groups is 1. The average molecular weight is 226 g/mol. The fourth-order valence-electron chi connectivity index (χ4n) is 0.910. The Morgan fingerprint density at radius 2 is 2.25 bits per heavy atom. The van der Waals surface area contributed by atoms with E-state index >= 15 is 0 Å². The van der Waals surface area contributed by atoms with Crippen molar-refractivity contribution in [2.24, 2.45) is 5.73 Å². The summed E-state index contributed by atoms with van der Waals surface area (Å²) >= 11 is 0. The van der Waals surface area contributed by atoms with Crippen molar-refractivity contribution in [3.8, 4) is 12.3 Å². The molecule has 0 aliphatic carbocycles. The number of aliphatic hydroxyl groups excluding tert-OH is 1. The Morgan fingerprint density at radius 1 is 1.69 bits per heavy atom. The van der Waals surface area contributed by atoms with Gasteiger partial charge in [-0.1, -0.05) is 0 Å². The van der Waals surface area contributed by atoms with Gasteiger partial charge >= 0.3 is 6.09 Å². The van der Waals surface area contributed by atoms with Gasteiger partial charge in [-0.25, -0.2) is 4.79 Å². The first-order valence-corrected chi connectivity index (χ1v) is 4.83. The van der Waals surface area contributed by atoms with Crippen LogP contribution in [0, 0.1) is 12.3 Å². The van der Waals surface area contributed by atoms with E-state index in [0.717, 1.165) is 0 Å². The van der Waals surface area contributed by atoms with Gasteiger partial charge in [-0.05, 0) is 20.8 Å². The highest BCUT2D eigenvalue weighted by Crippen LogP contribution is 2.08. The molecule has 0 aromatic heterocycles. The summed E-state index contributed by atoms with van der Waals surface area (Å²) in [6, 6.07) is -0.621. The minimum atomic E-state index is -0.627. The summed E-state index contributed by atoms with van der Waals surface area (Å²) < 4.78 is 5.03. The number of ether oxygens (including phenoxy) is 1. The second-order valence-corrected chi connectivity index (χ2v) is 4.24. The molecule has 16 heavy (non-hydrogen) atoms. The fraction of sp³-hybridized carbons (Fsp3) is 0.545. The van der Waals surface area contributed by atoms with Crippen molar-refractivity contribution < 1.29 is 14.6 Å². The van der Waals surface area contributed by atoms with Crippen molar-refractivity contribution in [1.29, 1.82) is 0 Å². The lowest BCUT2D eigenvalue weighted by atomic mass is 10.1. The molecule has 90 valence electrons. The zero-order valence-corrected chi connectivity index (χ0v) is 9.78. The van der Waals surface area contributed by atoms with Gasteiger partial charge in [-0.3, -0.25) is 0 Å². The summed E-state index contributed by atoms with van der Waals surface area (Å²) in [6.45, 7) is 5.23. The number of carbonyl (C=O) groups excluding carboxylic acids is 1. The number of terminal acetylenes is 1. The first kappa shape index (κ1) is 14.2. The minimum absolute atomic E-state index is 0.0869. The first-order valence-electron chi connectivity index (χ1n) is 4.83. The van der Waals surface area contributed by atoms with Crippen molar-refractivity contribution in [3.63, 3.8) is 0 Å². The lowest BCUT2D eigenvalue weighted by Crippen LogP contribution is -2.41. The number of hydrogen-bond donors (Lipinski definition) is 3. The summed E-state index contributed by atoms with van der Waals surface area (Å²) in [5, 5.41) is 11.2. The highest BCUT2D eigenvalue weighted by molar-refractivity contribution is 5.68. The van der Waals surface area contributed by atoms with Crippen LogP contribution in [0.4, 0.5) is 4.79 Å². The lowest BCUT2D eigenvalue weighted by molar-refractivity contribution is 0.0512. The molecular weight excluding hydrogens is 208 g/mol. The van der Waals surface area contributed by atoms with Gasteiger partial charge in [0.25, 0.3) is 0 Å². The molecule has 1 amide bonds. The first-order chi connectivity index (χ1) is 7.30. The molecule has 0 aliphatic heterocycles. The Hall–Kier alpha value is -1.83. The highest BCUT2D eigenvalue weighted by atomic mass is 16.6. The minimum Gasteiger partial charge on any atom is -0.514 e. The number of hydrogen-bond acceptors (Lipinski definition) is 4. The van der Waals surface area contributed by atoms with Crippen LogP contribution in [0.25, 0.3) is 0 Å². The van der Waals surface area contributed by atoms with E-state index < -0.39 is 17.7 Å². The monoisotopic (exact) mass is 226 g/mol. The summed E-state index contributed by atoms with van der Waals surface area (Å²) in [5.74, 6) is 2.35. The molecule has 0 radical (unpaired) electrons. The van der Waals surface area contributed by atoms with Gasteiger partial charge in [-0.2, -0.15) is 0 Å². The highest BCUT2D eigenvalue weighted by Gasteiger charge is 2.20. The number of nitrogens with two attached hydrogens (primary N) is 1. The number of nitrogens with one attached hydrogen (secondary N) is 1. The molecule has 0 bridgehead atoms. The van der Waals surface area contributed by atoms with Crippen LogP contribution in [0.1, 0.15) is 27.2 Å². The largest absolute Gasteiger partial charge is 0.514 e. The van der Waals surface area contributed by atoms with Crippen LogP contribution in [0.3, 0.4) is 0 Å². The number of alkyl carbamates (subject to hydrolysis) is 1. The number of amides is 1. The maximum Gasteiger partial charge on any atom is 0.408 e. The van der Waals surface area contributed by atoms with E-state index in [2.05, 4.69) is 11.2 Å². The maximum absolute atomic E-state index is 11.4. The van der Waals surface area contributed by atoms with Crippen LogP contribution in [-0.4, -0.2) is 22.8 Å². The third-order valence-corrected chi connectivity index (χ3v) is 1.56. The van der Waals surface area contributed by atoms with Crippen LogP contribution in [0.15, 0.2) is 12.0 Å². The lowest BCUT2D eigenvalue weighted by Gasteiger charge is -2.22. The molecule has 0 heterocycles. The van der Waals surface area contributed by atoms with E-state index in [1.165, 1.54) is 0 Å². The van der Waals surface area contributed by atoms with Crippen LogP contribution in [-0.2, 0) is 4.74 Å². The summed E-state index contributed by atoms with van der Waals surface area (Å²) in [7, 11) is 0. The molecule has 0 aromatic carbocycles. The van der Waals surface area contributed by atoms with Gasteiger partial charge < -0.3 is 20.9 Å². The molecule has 0 saturated carbocycles. The van der Waals surface area contributed by atoms with E-state index in [1.807, 2.05) is 0 Å². The Balaban J connectivity index is 4.43. The summed E-state index contributed by atoms with van der Waals surface area (Å²) in [6.07, 6.45) is 5.38. The van der Waals surface area contributed by atoms with Crippen molar-refractivity contribution in [3.05, 3.63) is 12.0 Å². The smallest absolute Gasteiger partial charge is 0.408 e. The second-order valence-electron chi connectivity index (χ2n) is 4.24. The van der Waals surface area contributed by atoms with Gasteiger partial charge in [0.2, 0.25) is 0 Å². The fourth-order valence-corrected chi connectivity index (χ4v) is 0.910. The zero-order chi connectivity index (χ0) is 12.8. The van der Waals surface area contributed by atoms with Crippen LogP contribution < -0.4 is 11.1 Å². The molecule has 5 heteroatoms. The van der Waals surface area contributed by atoms with Crippen molar-refractivity contribution >= 4 is 6.09 Å². The second kappa shape index (κ2) is 5.91.